The molecule has 1 aliphatic carbocycles. The molecule has 0 saturated carbocycles. The maximum absolute atomic E-state index is 9.87. The highest BCUT2D eigenvalue weighted by Crippen LogP contribution is 2.29. The van der Waals surface area contributed by atoms with Gasteiger partial charge in [-0.15, -0.1) is 9.24 Å². The number of aliphatic hydroxyl groups is 1. The summed E-state index contributed by atoms with van der Waals surface area (Å²) in [6, 6.07) is 0. The van der Waals surface area contributed by atoms with Crippen LogP contribution in [0.2, 0.25) is 0 Å². The molecule has 0 aromatic heterocycles. The first-order valence-corrected chi connectivity index (χ1v) is 4.65. The van der Waals surface area contributed by atoms with Crippen molar-refractivity contribution in [1.82, 2.24) is 0 Å². The third kappa shape index (κ3) is 1.85. The van der Waals surface area contributed by atoms with Gasteiger partial charge in [0.1, 0.15) is 0 Å². The molecule has 1 N–H and O–H groups in total. The molecule has 1 nitrogen and oxygen atoms in total. The number of hydrogen-bond acceptors (Lipinski definition) is 1. The molecule has 0 heterocycles. The van der Waals surface area contributed by atoms with Crippen LogP contribution in [0.4, 0.5) is 0 Å². The lowest BCUT2D eigenvalue weighted by molar-refractivity contribution is 0.118. The van der Waals surface area contributed by atoms with E-state index in [1.807, 2.05) is 25.2 Å². The van der Waals surface area contributed by atoms with E-state index in [0.29, 0.717) is 0 Å². The Morgan fingerprint density at radius 2 is 2.33 bits per heavy atom. The second-order valence-corrected chi connectivity index (χ2v) is 4.21. The van der Waals surface area contributed by atoms with E-state index in [-0.39, 0.29) is 5.66 Å². The van der Waals surface area contributed by atoms with Crippen LogP contribution in [-0.4, -0.2) is 16.4 Å². The molecule has 0 aromatic carbocycles. The van der Waals surface area contributed by atoms with Crippen molar-refractivity contribution in [3.8, 4) is 0 Å². The van der Waals surface area contributed by atoms with Gasteiger partial charge in [0.25, 0.3) is 0 Å². The third-order valence-electron chi connectivity index (χ3n) is 2.10. The first-order valence-electron chi connectivity index (χ1n) is 3.98. The summed E-state index contributed by atoms with van der Waals surface area (Å²) in [5.41, 5.74) is 1.36. The van der Waals surface area contributed by atoms with Crippen molar-refractivity contribution >= 4 is 9.24 Å². The van der Waals surface area contributed by atoms with Gasteiger partial charge in [-0.05, 0) is 25.5 Å². The molecule has 3 atom stereocenters. The van der Waals surface area contributed by atoms with E-state index in [4.69, 9.17) is 0 Å². The number of allylic oxidation sites excluding steroid dienone is 3. The summed E-state index contributed by atoms with van der Waals surface area (Å²) >= 11 is 0. The van der Waals surface area contributed by atoms with Gasteiger partial charge in [-0.3, -0.25) is 0 Å². The molecule has 0 aromatic rings. The zero-order chi connectivity index (χ0) is 9.35. The summed E-state index contributed by atoms with van der Waals surface area (Å²) < 4.78 is 0. The lowest BCUT2D eigenvalue weighted by Crippen LogP contribution is -2.33. The van der Waals surface area contributed by atoms with Crippen LogP contribution >= 0.6 is 9.24 Å². The quantitative estimate of drug-likeness (QED) is 0.615. The van der Waals surface area contributed by atoms with Crippen LogP contribution in [0, 0.1) is 0 Å². The van der Waals surface area contributed by atoms with E-state index in [2.05, 4.69) is 15.8 Å². The predicted molar refractivity (Wildman–Crippen MR) is 56.2 cm³/mol. The van der Waals surface area contributed by atoms with Crippen LogP contribution < -0.4 is 0 Å². The van der Waals surface area contributed by atoms with Crippen molar-refractivity contribution in [2.75, 3.05) is 0 Å². The lowest BCUT2D eigenvalue weighted by Gasteiger charge is -2.28. The van der Waals surface area contributed by atoms with E-state index in [9.17, 15) is 5.11 Å². The van der Waals surface area contributed by atoms with Crippen LogP contribution in [0.25, 0.3) is 0 Å². The van der Waals surface area contributed by atoms with Gasteiger partial charge >= 0.3 is 0 Å². The van der Waals surface area contributed by atoms with Gasteiger partial charge in [0, 0.05) is 5.66 Å². The Morgan fingerprint density at radius 3 is 2.75 bits per heavy atom. The maximum atomic E-state index is 9.87. The monoisotopic (exact) mass is 182 g/mol. The fourth-order valence-corrected chi connectivity index (χ4v) is 1.33. The van der Waals surface area contributed by atoms with E-state index >= 15 is 0 Å². The molecule has 0 aliphatic heterocycles. The van der Waals surface area contributed by atoms with E-state index in [1.54, 1.807) is 6.92 Å². The van der Waals surface area contributed by atoms with Crippen molar-refractivity contribution in [1.29, 1.82) is 0 Å². The fraction of sp³-hybridized carbons (Fsp3) is 0.400. The Labute approximate surface area is 76.1 Å². The Bertz CT molecular complexity index is 261. The van der Waals surface area contributed by atoms with Crippen molar-refractivity contribution < 1.29 is 5.11 Å². The van der Waals surface area contributed by atoms with Crippen LogP contribution in [0.5, 0.6) is 0 Å². The third-order valence-corrected chi connectivity index (χ3v) is 3.00. The normalized spacial score (nSPS) is 34.7. The summed E-state index contributed by atoms with van der Waals surface area (Å²) in [6.45, 7) is 7.57. The Balaban J connectivity index is 2.97. The summed E-state index contributed by atoms with van der Waals surface area (Å²) in [7, 11) is 2.61. The first kappa shape index (κ1) is 9.70. The summed E-state index contributed by atoms with van der Waals surface area (Å²) in [4.78, 5) is 0. The standard InChI is InChI=1S/C10H15OP/c1-7(2)8-4-5-9(12)10(3,11)6-8/h4-6,9,11H,1,12H2,2-3H3. The molecule has 12 heavy (non-hydrogen) atoms. The highest BCUT2D eigenvalue weighted by atomic mass is 31.0. The van der Waals surface area contributed by atoms with Crippen molar-refractivity contribution in [2.45, 2.75) is 25.1 Å². The smallest absolute Gasteiger partial charge is 0.0905 e. The highest BCUT2D eigenvalue weighted by molar-refractivity contribution is 7.18. The van der Waals surface area contributed by atoms with Crippen LogP contribution in [0.3, 0.4) is 0 Å². The Kier molecular flexibility index (Phi) is 2.55. The summed E-state index contributed by atoms with van der Waals surface area (Å²) in [6.07, 6.45) is 5.83. The van der Waals surface area contributed by atoms with Gasteiger partial charge in [0.2, 0.25) is 0 Å². The highest BCUT2D eigenvalue weighted by Gasteiger charge is 2.26. The largest absolute Gasteiger partial charge is 0.385 e. The van der Waals surface area contributed by atoms with Gasteiger partial charge in [-0.25, -0.2) is 0 Å². The van der Waals surface area contributed by atoms with Crippen molar-refractivity contribution in [2.24, 2.45) is 0 Å². The van der Waals surface area contributed by atoms with E-state index in [1.165, 1.54) is 0 Å². The minimum Gasteiger partial charge on any atom is -0.385 e. The molecule has 0 saturated heterocycles. The molecular formula is C10H15OP. The molecule has 0 amide bonds. The lowest BCUT2D eigenvalue weighted by atomic mass is 9.90. The summed E-state index contributed by atoms with van der Waals surface area (Å²) in [5.74, 6) is 0. The SMILES string of the molecule is C=C(C)C1=CC(C)(O)C(P)C=C1. The predicted octanol–water partition coefficient (Wildman–Crippen LogP) is 2.05. The molecule has 2 heteroatoms. The average Bonchev–Trinajstić information content (AvgIpc) is 1.94. The maximum Gasteiger partial charge on any atom is 0.0905 e. The van der Waals surface area contributed by atoms with E-state index < -0.39 is 5.60 Å². The number of hydrogen-bond donors (Lipinski definition) is 1. The molecule has 0 bridgehead atoms. The van der Waals surface area contributed by atoms with Gasteiger partial charge in [-0.1, -0.05) is 24.3 Å². The van der Waals surface area contributed by atoms with Crippen molar-refractivity contribution in [3.05, 3.63) is 36.0 Å². The zero-order valence-electron chi connectivity index (χ0n) is 7.54. The van der Waals surface area contributed by atoms with Crippen LogP contribution in [0.15, 0.2) is 36.0 Å². The Hall–Kier alpha value is -0.390. The minimum atomic E-state index is -0.756. The second-order valence-electron chi connectivity index (χ2n) is 3.49. The molecular weight excluding hydrogens is 167 g/mol. The second kappa shape index (κ2) is 3.16. The van der Waals surface area contributed by atoms with Gasteiger partial charge < -0.3 is 5.11 Å². The van der Waals surface area contributed by atoms with Crippen LogP contribution in [0.1, 0.15) is 13.8 Å². The fourth-order valence-electron chi connectivity index (χ4n) is 1.13. The zero-order valence-corrected chi connectivity index (χ0v) is 8.70. The van der Waals surface area contributed by atoms with Crippen LogP contribution in [-0.2, 0) is 0 Å². The topological polar surface area (TPSA) is 20.2 Å². The molecule has 1 aliphatic rings. The van der Waals surface area contributed by atoms with Gasteiger partial charge in [0.15, 0.2) is 0 Å². The molecule has 1 rings (SSSR count). The van der Waals surface area contributed by atoms with Crippen molar-refractivity contribution in [3.63, 3.8) is 0 Å². The average molecular weight is 182 g/mol. The molecule has 0 radical (unpaired) electrons. The molecule has 66 valence electrons. The number of rotatable bonds is 1. The molecule has 0 spiro atoms. The summed E-state index contributed by atoms with van der Waals surface area (Å²) in [5, 5.41) is 9.87. The van der Waals surface area contributed by atoms with Gasteiger partial charge in [-0.2, -0.15) is 0 Å². The van der Waals surface area contributed by atoms with Gasteiger partial charge in [0.05, 0.1) is 5.60 Å². The molecule has 3 unspecified atom stereocenters. The minimum absolute atomic E-state index is 0.0978. The Morgan fingerprint density at radius 1 is 1.75 bits per heavy atom. The first-order chi connectivity index (χ1) is 5.43. The van der Waals surface area contributed by atoms with E-state index in [0.717, 1.165) is 11.1 Å². The molecule has 0 fully saturated rings.